The molecule has 6 atom stereocenters. The number of hydrogen-bond donors (Lipinski definition) is 3. The highest BCUT2D eigenvalue weighted by Gasteiger charge is 2.74. The van der Waals surface area contributed by atoms with Crippen molar-refractivity contribution in [2.45, 2.75) is 137 Å². The van der Waals surface area contributed by atoms with E-state index in [0.29, 0.717) is 12.8 Å². The molecule has 244 valence electrons. The number of aliphatic hydroxyl groups excluding tert-OH is 2. The van der Waals surface area contributed by atoms with E-state index in [9.17, 15) is 15.3 Å². The molecule has 0 radical (unpaired) electrons. The number of allylic oxidation sites excluding steroid dienone is 15. The standard InChI is InChI=1S/C40H60O4/c1-29(17-13-19-31(3)21-22-35-36(5,6)25-33(41)27-38(35,9)43)15-11-12-16-30(2)18-14-20-32(4)23-24-40-37(7,8)26-34(42)28-39(40,10)44-40/h11-20,23-24,33-35,41-43H,21-22,25-28H2,1-10H3/b12-11+,17-13+,18-14+,24-23+,29-15+,30-16-,31-19+,32-20+/t33-,34-,35?,38+,39+,40-/m0/s1. The van der Waals surface area contributed by atoms with E-state index < -0.39 is 11.7 Å². The molecule has 3 N–H and O–H groups in total. The van der Waals surface area contributed by atoms with E-state index in [1.807, 2.05) is 6.92 Å². The maximum absolute atomic E-state index is 11.0. The summed E-state index contributed by atoms with van der Waals surface area (Å²) in [6, 6.07) is 0. The summed E-state index contributed by atoms with van der Waals surface area (Å²) in [5.74, 6) is 0.167. The number of aliphatic hydroxyl groups is 3. The van der Waals surface area contributed by atoms with Crippen LogP contribution >= 0.6 is 0 Å². The van der Waals surface area contributed by atoms with Crippen LogP contribution in [0.1, 0.15) is 108 Å². The van der Waals surface area contributed by atoms with Crippen molar-refractivity contribution in [2.75, 3.05) is 0 Å². The SMILES string of the molecule is CC(=C/C=C/C=C(C)/C=C/C=C(\C)CCC1C(C)(C)C[C@H](O)C[C@@]1(C)O)/C=C/C=C(C)/C=C/[C@@]12O[C@]1(C)C[C@@H](O)CC2(C)C. The minimum Gasteiger partial charge on any atom is -0.393 e. The molecule has 3 fully saturated rings. The van der Waals surface area contributed by atoms with Crippen LogP contribution in [0.2, 0.25) is 0 Å². The van der Waals surface area contributed by atoms with Crippen molar-refractivity contribution in [2.24, 2.45) is 16.7 Å². The largest absolute Gasteiger partial charge is 0.393 e. The van der Waals surface area contributed by atoms with Crippen LogP contribution in [-0.2, 0) is 4.74 Å². The smallest absolute Gasteiger partial charge is 0.121 e. The second kappa shape index (κ2) is 14.0. The van der Waals surface area contributed by atoms with Gasteiger partial charge in [0.05, 0.1) is 17.8 Å². The van der Waals surface area contributed by atoms with Crippen molar-refractivity contribution in [3.8, 4) is 0 Å². The molecule has 2 aliphatic carbocycles. The normalized spacial score (nSPS) is 36.6. The van der Waals surface area contributed by atoms with Gasteiger partial charge in [-0.15, -0.1) is 0 Å². The van der Waals surface area contributed by atoms with Gasteiger partial charge in [-0.1, -0.05) is 117 Å². The molecule has 0 bridgehead atoms. The van der Waals surface area contributed by atoms with Crippen LogP contribution in [0.5, 0.6) is 0 Å². The van der Waals surface area contributed by atoms with E-state index in [0.717, 1.165) is 31.3 Å². The van der Waals surface area contributed by atoms with Gasteiger partial charge in [-0.25, -0.2) is 0 Å². The van der Waals surface area contributed by atoms with Crippen molar-refractivity contribution in [3.63, 3.8) is 0 Å². The Morgan fingerprint density at radius 3 is 1.77 bits per heavy atom. The molecule has 44 heavy (non-hydrogen) atoms. The second-order valence-corrected chi connectivity index (χ2v) is 15.7. The first-order chi connectivity index (χ1) is 20.3. The predicted octanol–water partition coefficient (Wildman–Crippen LogP) is 9.03. The van der Waals surface area contributed by atoms with Crippen molar-refractivity contribution in [1.82, 2.24) is 0 Å². The van der Waals surface area contributed by atoms with Gasteiger partial charge in [0.1, 0.15) is 11.2 Å². The Balaban J connectivity index is 1.47. The highest BCUT2D eigenvalue weighted by molar-refractivity contribution is 5.36. The van der Waals surface area contributed by atoms with Gasteiger partial charge in [0, 0.05) is 18.3 Å². The minimum absolute atomic E-state index is 0.0778. The summed E-state index contributed by atoms with van der Waals surface area (Å²) in [5.41, 5.74) is 3.23. The molecule has 2 saturated carbocycles. The van der Waals surface area contributed by atoms with Crippen molar-refractivity contribution >= 4 is 0 Å². The molecule has 3 rings (SSSR count). The van der Waals surface area contributed by atoms with E-state index in [1.165, 1.54) is 16.7 Å². The topological polar surface area (TPSA) is 73.2 Å². The zero-order chi connectivity index (χ0) is 33.0. The zero-order valence-electron chi connectivity index (χ0n) is 29.2. The van der Waals surface area contributed by atoms with Gasteiger partial charge in [0.2, 0.25) is 0 Å². The third-order valence-corrected chi connectivity index (χ3v) is 10.3. The van der Waals surface area contributed by atoms with Crippen LogP contribution in [0.3, 0.4) is 0 Å². The van der Waals surface area contributed by atoms with Crippen LogP contribution < -0.4 is 0 Å². The molecule has 0 aromatic carbocycles. The lowest BCUT2D eigenvalue weighted by Gasteiger charge is -2.50. The Morgan fingerprint density at radius 2 is 1.20 bits per heavy atom. The first kappa shape index (κ1) is 36.2. The van der Waals surface area contributed by atoms with Crippen molar-refractivity contribution in [1.29, 1.82) is 0 Å². The first-order valence-electron chi connectivity index (χ1n) is 16.5. The Kier molecular flexibility index (Phi) is 11.6. The Bertz CT molecular complexity index is 1250. The van der Waals surface area contributed by atoms with E-state index in [2.05, 4.69) is 135 Å². The second-order valence-electron chi connectivity index (χ2n) is 15.7. The van der Waals surface area contributed by atoms with Gasteiger partial charge in [-0.05, 0) is 84.6 Å². The molecular formula is C40H60O4. The van der Waals surface area contributed by atoms with E-state index in [-0.39, 0.29) is 34.1 Å². The first-order valence-corrected chi connectivity index (χ1v) is 16.5. The fourth-order valence-electron chi connectivity index (χ4n) is 8.06. The minimum atomic E-state index is -0.828. The fourth-order valence-corrected chi connectivity index (χ4v) is 8.06. The molecule has 0 spiro atoms. The molecule has 1 unspecified atom stereocenters. The highest BCUT2D eigenvalue weighted by Crippen LogP contribution is 2.66. The van der Waals surface area contributed by atoms with Crippen molar-refractivity contribution < 1.29 is 20.1 Å². The summed E-state index contributed by atoms with van der Waals surface area (Å²) in [6.45, 7) is 21.2. The van der Waals surface area contributed by atoms with Gasteiger partial charge >= 0.3 is 0 Å². The highest BCUT2D eigenvalue weighted by atomic mass is 16.6. The molecule has 1 aliphatic heterocycles. The van der Waals surface area contributed by atoms with Gasteiger partial charge in [-0.3, -0.25) is 0 Å². The number of rotatable bonds is 11. The number of hydrogen-bond acceptors (Lipinski definition) is 4. The summed E-state index contributed by atoms with van der Waals surface area (Å²) in [5, 5.41) is 31.4. The zero-order valence-corrected chi connectivity index (χ0v) is 29.2. The monoisotopic (exact) mass is 604 g/mol. The average Bonchev–Trinajstić information content (AvgIpc) is 3.49. The molecule has 1 heterocycles. The number of ether oxygens (including phenoxy) is 1. The summed E-state index contributed by atoms with van der Waals surface area (Å²) in [7, 11) is 0. The molecule has 0 aromatic heterocycles. The maximum Gasteiger partial charge on any atom is 0.121 e. The Morgan fingerprint density at radius 1 is 0.682 bits per heavy atom. The lowest BCUT2D eigenvalue weighted by molar-refractivity contribution is -0.131. The third-order valence-electron chi connectivity index (χ3n) is 10.3. The summed E-state index contributed by atoms with van der Waals surface area (Å²) < 4.78 is 6.25. The summed E-state index contributed by atoms with van der Waals surface area (Å²) >= 11 is 0. The van der Waals surface area contributed by atoms with Crippen LogP contribution in [0.4, 0.5) is 0 Å². The molecule has 4 nitrogen and oxygen atoms in total. The molecule has 0 amide bonds. The van der Waals surface area contributed by atoms with Gasteiger partial charge in [-0.2, -0.15) is 0 Å². The molecule has 0 aromatic rings. The lowest BCUT2D eigenvalue weighted by Crippen LogP contribution is -2.51. The quantitative estimate of drug-likeness (QED) is 0.163. The summed E-state index contributed by atoms with van der Waals surface area (Å²) in [6.07, 6.45) is 29.2. The molecule has 1 saturated heterocycles. The lowest BCUT2D eigenvalue weighted by atomic mass is 9.59. The number of epoxide rings is 1. The van der Waals surface area contributed by atoms with Gasteiger partial charge in [0.25, 0.3) is 0 Å². The maximum atomic E-state index is 11.0. The van der Waals surface area contributed by atoms with Crippen LogP contribution in [0, 0.1) is 16.7 Å². The predicted molar refractivity (Wildman–Crippen MR) is 185 cm³/mol. The fraction of sp³-hybridized carbons (Fsp3) is 0.600. The van der Waals surface area contributed by atoms with E-state index >= 15 is 0 Å². The van der Waals surface area contributed by atoms with E-state index in [4.69, 9.17) is 4.74 Å². The van der Waals surface area contributed by atoms with Crippen LogP contribution in [-0.4, -0.2) is 44.3 Å². The van der Waals surface area contributed by atoms with Gasteiger partial charge < -0.3 is 20.1 Å². The van der Waals surface area contributed by atoms with Crippen LogP contribution in [0.15, 0.2) is 95.2 Å². The average molecular weight is 605 g/mol. The van der Waals surface area contributed by atoms with E-state index in [1.54, 1.807) is 0 Å². The molecular weight excluding hydrogens is 544 g/mol. The van der Waals surface area contributed by atoms with Gasteiger partial charge in [0.15, 0.2) is 0 Å². The number of fused-ring (bicyclic) bond motifs is 1. The Labute approximate surface area is 268 Å². The molecule has 3 aliphatic rings. The third kappa shape index (κ3) is 8.94. The Hall–Kier alpha value is -2.24. The molecule has 4 heteroatoms. The summed E-state index contributed by atoms with van der Waals surface area (Å²) in [4.78, 5) is 0. The van der Waals surface area contributed by atoms with Crippen molar-refractivity contribution in [3.05, 3.63) is 95.2 Å². The van der Waals surface area contributed by atoms with Crippen LogP contribution in [0.25, 0.3) is 0 Å².